The first-order valence-corrected chi connectivity index (χ1v) is 16.6. The van der Waals surface area contributed by atoms with Crippen molar-refractivity contribution in [3.63, 3.8) is 0 Å². The monoisotopic (exact) mass is 574 g/mol. The molecule has 5 atom stereocenters. The summed E-state index contributed by atoms with van der Waals surface area (Å²) in [6.45, 7) is 14.6. The highest BCUT2D eigenvalue weighted by Gasteiger charge is 2.49. The van der Waals surface area contributed by atoms with Crippen molar-refractivity contribution in [2.24, 2.45) is 5.92 Å². The Kier molecular flexibility index (Phi) is 14.3. The molecule has 5 unspecified atom stereocenters. The molecule has 1 heterocycles. The van der Waals surface area contributed by atoms with E-state index in [9.17, 15) is 15.0 Å². The third-order valence-electron chi connectivity index (χ3n) is 9.97. The average Bonchev–Trinajstić information content (AvgIpc) is 2.90. The van der Waals surface area contributed by atoms with Gasteiger partial charge in [-0.2, -0.15) is 0 Å². The molecule has 0 amide bonds. The molecule has 2 rings (SSSR count). The molecule has 1 aliphatic carbocycles. The minimum absolute atomic E-state index is 0.197. The Labute approximate surface area is 251 Å². The maximum Gasteiger partial charge on any atom is 0.306 e. The van der Waals surface area contributed by atoms with Gasteiger partial charge >= 0.3 is 5.97 Å². The van der Waals surface area contributed by atoms with Gasteiger partial charge in [0.05, 0.1) is 23.2 Å². The van der Waals surface area contributed by atoms with Gasteiger partial charge < -0.3 is 20.1 Å². The maximum absolute atomic E-state index is 11.0. The molecule has 1 aliphatic heterocycles. The van der Waals surface area contributed by atoms with Crippen molar-refractivity contribution < 1.29 is 24.9 Å². The molecule has 0 aromatic rings. The Bertz CT molecular complexity index is 928. The van der Waals surface area contributed by atoms with Gasteiger partial charge in [-0.05, 0) is 134 Å². The number of aliphatic hydroxyl groups is 2. The normalized spacial score (nSPS) is 27.3. The molecule has 0 aromatic heterocycles. The van der Waals surface area contributed by atoms with Crippen LogP contribution in [-0.4, -0.2) is 44.2 Å². The van der Waals surface area contributed by atoms with Crippen molar-refractivity contribution in [3.8, 4) is 0 Å². The molecule has 5 heteroatoms. The molecule has 41 heavy (non-hydrogen) atoms. The number of fused-ring (bicyclic) bond motifs is 1. The Hall–Kier alpha value is -1.43. The zero-order valence-corrected chi connectivity index (χ0v) is 27.5. The lowest BCUT2D eigenvalue weighted by molar-refractivity contribution is -0.145. The second-order valence-electron chi connectivity index (χ2n) is 13.9. The molecule has 0 radical (unpaired) electrons. The number of aliphatic carboxylic acids is 1. The van der Waals surface area contributed by atoms with E-state index in [1.165, 1.54) is 48.8 Å². The van der Waals surface area contributed by atoms with Crippen LogP contribution in [0.15, 0.2) is 34.4 Å². The number of hydrogen-bond donors (Lipinski definition) is 3. The number of carboxylic acids is 1. The van der Waals surface area contributed by atoms with Crippen molar-refractivity contribution in [3.05, 3.63) is 34.4 Å². The number of rotatable bonds is 19. The SMILES string of the molecule is CCCCCCCCC12OC(C)(CC/C=C(\C)CCCC(C)(O)CCCC(C)C(=O)O)CCC1=CC(O)C(C)=C2C. The van der Waals surface area contributed by atoms with Crippen LogP contribution in [0.3, 0.4) is 0 Å². The van der Waals surface area contributed by atoms with Gasteiger partial charge in [-0.3, -0.25) is 4.79 Å². The highest BCUT2D eigenvalue weighted by Crippen LogP contribution is 2.51. The number of carboxylic acid groups (broad SMARTS) is 1. The van der Waals surface area contributed by atoms with Gasteiger partial charge in [-0.1, -0.05) is 57.6 Å². The third kappa shape index (κ3) is 11.0. The average molecular weight is 575 g/mol. The van der Waals surface area contributed by atoms with Crippen LogP contribution in [0.1, 0.15) is 158 Å². The van der Waals surface area contributed by atoms with Crippen molar-refractivity contribution in [2.45, 2.75) is 181 Å². The zero-order valence-electron chi connectivity index (χ0n) is 27.5. The second kappa shape index (κ2) is 16.4. The summed E-state index contributed by atoms with van der Waals surface area (Å²) in [6.07, 6.45) is 21.0. The van der Waals surface area contributed by atoms with E-state index >= 15 is 0 Å². The molecule has 1 saturated heterocycles. The van der Waals surface area contributed by atoms with Gasteiger partial charge in [0, 0.05) is 0 Å². The van der Waals surface area contributed by atoms with Gasteiger partial charge in [-0.15, -0.1) is 0 Å². The van der Waals surface area contributed by atoms with Crippen LogP contribution in [0.5, 0.6) is 0 Å². The van der Waals surface area contributed by atoms with E-state index in [0.717, 1.165) is 69.8 Å². The number of unbranched alkanes of at least 4 members (excludes halogenated alkanes) is 5. The van der Waals surface area contributed by atoms with E-state index in [1.807, 2.05) is 6.92 Å². The lowest BCUT2D eigenvalue weighted by Crippen LogP contribution is -2.51. The van der Waals surface area contributed by atoms with Crippen LogP contribution in [0, 0.1) is 5.92 Å². The molecule has 5 nitrogen and oxygen atoms in total. The fourth-order valence-electron chi connectivity index (χ4n) is 6.77. The molecule has 236 valence electrons. The van der Waals surface area contributed by atoms with Crippen LogP contribution in [0.25, 0.3) is 0 Å². The van der Waals surface area contributed by atoms with Crippen LogP contribution >= 0.6 is 0 Å². The van der Waals surface area contributed by atoms with Gasteiger partial charge in [0.2, 0.25) is 0 Å². The van der Waals surface area contributed by atoms with Crippen LogP contribution in [-0.2, 0) is 9.53 Å². The molecular weight excluding hydrogens is 512 g/mol. The molecule has 2 aliphatic rings. The number of allylic oxidation sites excluding steroid dienone is 2. The molecule has 0 bridgehead atoms. The molecule has 0 saturated carbocycles. The minimum atomic E-state index is -0.762. The first-order chi connectivity index (χ1) is 19.3. The topological polar surface area (TPSA) is 87.0 Å². The Morgan fingerprint density at radius 2 is 1.78 bits per heavy atom. The van der Waals surface area contributed by atoms with Gasteiger partial charge in [0.1, 0.15) is 5.60 Å². The standard InChI is InChI=1S/C36H62O5/c1-8-9-10-11-12-13-24-36-30(5)29(4)32(37)26-31(36)20-25-35(7,41-36)23-15-18-27(2)17-14-21-34(6,40)22-16-19-28(3)33(38)39/h18,26,28,32,37,40H,8-17,19-25H2,1-7H3,(H,38,39)/b27-18+. The van der Waals surface area contributed by atoms with Crippen molar-refractivity contribution in [1.29, 1.82) is 0 Å². The summed E-state index contributed by atoms with van der Waals surface area (Å²) in [5.41, 5.74) is 3.61. The third-order valence-corrected chi connectivity index (χ3v) is 9.97. The number of aliphatic hydroxyl groups excluding tert-OH is 1. The predicted molar refractivity (Wildman–Crippen MR) is 170 cm³/mol. The summed E-state index contributed by atoms with van der Waals surface area (Å²) in [5.74, 6) is -1.12. The van der Waals surface area contributed by atoms with E-state index in [1.54, 1.807) is 6.92 Å². The van der Waals surface area contributed by atoms with E-state index in [-0.39, 0.29) is 17.1 Å². The van der Waals surface area contributed by atoms with Crippen molar-refractivity contribution in [1.82, 2.24) is 0 Å². The van der Waals surface area contributed by atoms with E-state index in [2.05, 4.69) is 46.8 Å². The highest BCUT2D eigenvalue weighted by molar-refractivity contribution is 5.69. The fraction of sp³-hybridized carbons (Fsp3) is 0.806. The minimum Gasteiger partial charge on any atom is -0.481 e. The predicted octanol–water partition coefficient (Wildman–Crippen LogP) is 9.22. The van der Waals surface area contributed by atoms with Gasteiger partial charge in [-0.25, -0.2) is 0 Å². The molecule has 0 aromatic carbocycles. The molecule has 3 N–H and O–H groups in total. The van der Waals surface area contributed by atoms with Crippen molar-refractivity contribution in [2.75, 3.05) is 0 Å². The Balaban J connectivity index is 1.91. The summed E-state index contributed by atoms with van der Waals surface area (Å²) in [4.78, 5) is 11.0. The largest absolute Gasteiger partial charge is 0.481 e. The number of ether oxygens (including phenoxy) is 1. The van der Waals surface area contributed by atoms with Crippen LogP contribution in [0.2, 0.25) is 0 Å². The lowest BCUT2D eigenvalue weighted by Gasteiger charge is -2.52. The number of carbonyl (C=O) groups is 1. The first kappa shape index (κ1) is 35.8. The maximum atomic E-state index is 11.0. The summed E-state index contributed by atoms with van der Waals surface area (Å²) in [7, 11) is 0. The number of hydrogen-bond acceptors (Lipinski definition) is 4. The van der Waals surface area contributed by atoms with Crippen LogP contribution in [0.4, 0.5) is 0 Å². The van der Waals surface area contributed by atoms with E-state index < -0.39 is 17.7 Å². The van der Waals surface area contributed by atoms with Gasteiger partial charge in [0.25, 0.3) is 0 Å². The molecular formula is C36H62O5. The molecule has 1 fully saturated rings. The highest BCUT2D eigenvalue weighted by atomic mass is 16.5. The summed E-state index contributed by atoms with van der Waals surface area (Å²) < 4.78 is 7.16. The first-order valence-electron chi connectivity index (χ1n) is 16.6. The summed E-state index contributed by atoms with van der Waals surface area (Å²) in [6, 6.07) is 0. The fourth-order valence-corrected chi connectivity index (χ4v) is 6.77. The smallest absolute Gasteiger partial charge is 0.306 e. The quantitative estimate of drug-likeness (QED) is 0.106. The van der Waals surface area contributed by atoms with Gasteiger partial charge in [0.15, 0.2) is 0 Å². The lowest BCUT2D eigenvalue weighted by atomic mass is 9.69. The van der Waals surface area contributed by atoms with E-state index in [0.29, 0.717) is 12.8 Å². The van der Waals surface area contributed by atoms with Crippen molar-refractivity contribution >= 4 is 5.97 Å². The van der Waals surface area contributed by atoms with Crippen LogP contribution < -0.4 is 0 Å². The summed E-state index contributed by atoms with van der Waals surface area (Å²) >= 11 is 0. The van der Waals surface area contributed by atoms with E-state index in [4.69, 9.17) is 9.84 Å². The second-order valence-corrected chi connectivity index (χ2v) is 13.9. The Morgan fingerprint density at radius 1 is 1.12 bits per heavy atom. The molecule has 0 spiro atoms. The Morgan fingerprint density at radius 3 is 2.46 bits per heavy atom. The zero-order chi connectivity index (χ0) is 30.7. The summed E-state index contributed by atoms with van der Waals surface area (Å²) in [5, 5.41) is 30.5.